The molecule has 0 spiro atoms. The molecule has 0 bridgehead atoms. The van der Waals surface area contributed by atoms with Gasteiger partial charge in [-0.15, -0.1) is 0 Å². The number of carbonyl (C=O) groups excluding carboxylic acids is 1. The van der Waals surface area contributed by atoms with Crippen LogP contribution in [0.3, 0.4) is 0 Å². The van der Waals surface area contributed by atoms with Gasteiger partial charge in [0.2, 0.25) is 0 Å². The second-order valence-corrected chi connectivity index (χ2v) is 5.28. The van der Waals surface area contributed by atoms with Crippen molar-refractivity contribution in [2.75, 3.05) is 13.6 Å². The average molecular weight is 281 g/mol. The van der Waals surface area contributed by atoms with Crippen molar-refractivity contribution in [1.82, 2.24) is 5.32 Å². The lowest BCUT2D eigenvalue weighted by Gasteiger charge is -2.09. The fraction of sp³-hybridized carbons (Fsp3) is 0.316. The number of hydrogen-bond acceptors (Lipinski definition) is 2. The third kappa shape index (κ3) is 4.27. The molecule has 0 aliphatic carbocycles. The van der Waals surface area contributed by atoms with Crippen LogP contribution in [0.1, 0.15) is 34.0 Å². The van der Waals surface area contributed by atoms with E-state index in [1.54, 1.807) is 0 Å². The summed E-state index contributed by atoms with van der Waals surface area (Å²) in [5.74, 6) is 0.200. The number of carbonyl (C=O) groups is 1. The van der Waals surface area contributed by atoms with Crippen LogP contribution >= 0.6 is 0 Å². The van der Waals surface area contributed by atoms with Crippen LogP contribution < -0.4 is 5.32 Å². The smallest absolute Gasteiger partial charge is 0.167 e. The third-order valence-corrected chi connectivity index (χ3v) is 3.76. The number of likely N-dealkylation sites (N-methyl/N-ethyl adjacent to an activating group) is 1. The molecule has 0 heterocycles. The molecule has 2 heteroatoms. The normalized spacial score (nSPS) is 10.6. The van der Waals surface area contributed by atoms with Gasteiger partial charge in [0.25, 0.3) is 0 Å². The van der Waals surface area contributed by atoms with Gasteiger partial charge in [-0.2, -0.15) is 0 Å². The van der Waals surface area contributed by atoms with E-state index in [4.69, 9.17) is 0 Å². The molecule has 0 fully saturated rings. The van der Waals surface area contributed by atoms with Gasteiger partial charge in [0.15, 0.2) is 5.78 Å². The molecule has 0 aromatic heterocycles. The number of ketones is 1. The van der Waals surface area contributed by atoms with E-state index >= 15 is 0 Å². The first kappa shape index (κ1) is 15.5. The van der Waals surface area contributed by atoms with Crippen molar-refractivity contribution in [2.45, 2.75) is 26.2 Å². The molecule has 0 aliphatic rings. The molecule has 2 nitrogen and oxygen atoms in total. The summed E-state index contributed by atoms with van der Waals surface area (Å²) in [5, 5.41) is 3.13. The van der Waals surface area contributed by atoms with E-state index in [1.807, 2.05) is 31.3 Å². The van der Waals surface area contributed by atoms with E-state index in [9.17, 15) is 4.79 Å². The average Bonchev–Trinajstić information content (AvgIpc) is 2.54. The van der Waals surface area contributed by atoms with Crippen LogP contribution in [0.25, 0.3) is 0 Å². The minimum atomic E-state index is 0.200. The summed E-state index contributed by atoms with van der Waals surface area (Å²) in [7, 11) is 1.93. The predicted octanol–water partition coefficient (Wildman–Crippen LogP) is 3.44. The molecule has 0 saturated carbocycles. The van der Waals surface area contributed by atoms with Crippen molar-refractivity contribution in [3.8, 4) is 0 Å². The Morgan fingerprint density at radius 2 is 1.67 bits per heavy atom. The third-order valence-electron chi connectivity index (χ3n) is 3.76. The van der Waals surface area contributed by atoms with Gasteiger partial charge in [-0.1, -0.05) is 55.5 Å². The van der Waals surface area contributed by atoms with Crippen LogP contribution in [0, 0.1) is 0 Å². The van der Waals surface area contributed by atoms with Crippen molar-refractivity contribution >= 4 is 5.78 Å². The predicted molar refractivity (Wildman–Crippen MR) is 87.9 cm³/mol. The lowest BCUT2D eigenvalue weighted by atomic mass is 9.96. The Morgan fingerprint density at radius 1 is 1.00 bits per heavy atom. The first-order valence-electron chi connectivity index (χ1n) is 7.58. The van der Waals surface area contributed by atoms with Crippen molar-refractivity contribution in [3.63, 3.8) is 0 Å². The molecule has 0 saturated heterocycles. The Kier molecular flexibility index (Phi) is 5.70. The number of Topliss-reactive ketones (excluding diaryl/α,β-unsaturated/α-hetero) is 1. The zero-order valence-corrected chi connectivity index (χ0v) is 12.9. The van der Waals surface area contributed by atoms with E-state index < -0.39 is 0 Å². The molecule has 2 aromatic rings. The van der Waals surface area contributed by atoms with Crippen molar-refractivity contribution in [1.29, 1.82) is 0 Å². The highest BCUT2D eigenvalue weighted by molar-refractivity contribution is 5.98. The molecule has 0 unspecified atom stereocenters. The summed E-state index contributed by atoms with van der Waals surface area (Å²) in [6, 6.07) is 16.3. The highest BCUT2D eigenvalue weighted by Gasteiger charge is 2.11. The zero-order chi connectivity index (χ0) is 15.1. The highest BCUT2D eigenvalue weighted by Crippen LogP contribution is 2.14. The first-order chi connectivity index (χ1) is 10.2. The maximum atomic E-state index is 12.5. The van der Waals surface area contributed by atoms with E-state index in [-0.39, 0.29) is 5.78 Å². The summed E-state index contributed by atoms with van der Waals surface area (Å²) in [6.45, 7) is 3.02. The monoisotopic (exact) mass is 281 g/mol. The first-order valence-corrected chi connectivity index (χ1v) is 7.58. The summed E-state index contributed by atoms with van der Waals surface area (Å²) >= 11 is 0. The second kappa shape index (κ2) is 7.75. The van der Waals surface area contributed by atoms with Crippen LogP contribution in [0.15, 0.2) is 48.5 Å². The van der Waals surface area contributed by atoms with Crippen LogP contribution in [0.2, 0.25) is 0 Å². The van der Waals surface area contributed by atoms with Crippen molar-refractivity contribution < 1.29 is 4.79 Å². The molecular weight excluding hydrogens is 258 g/mol. The Hall–Kier alpha value is -1.93. The van der Waals surface area contributed by atoms with Gasteiger partial charge in [-0.3, -0.25) is 4.79 Å². The van der Waals surface area contributed by atoms with Crippen LogP contribution in [0.4, 0.5) is 0 Å². The molecule has 110 valence electrons. The maximum Gasteiger partial charge on any atom is 0.167 e. The van der Waals surface area contributed by atoms with Crippen molar-refractivity contribution in [2.24, 2.45) is 0 Å². The zero-order valence-electron chi connectivity index (χ0n) is 12.9. The summed E-state index contributed by atoms with van der Waals surface area (Å²) in [4.78, 5) is 12.5. The lowest BCUT2D eigenvalue weighted by molar-refractivity contribution is 0.0992. The number of nitrogens with one attached hydrogen (secondary N) is 1. The van der Waals surface area contributed by atoms with Crippen LogP contribution in [0.5, 0.6) is 0 Å². The largest absolute Gasteiger partial charge is 0.319 e. The molecule has 1 N–H and O–H groups in total. The van der Waals surface area contributed by atoms with Gasteiger partial charge in [-0.05, 0) is 43.1 Å². The Balaban J connectivity index is 2.12. The van der Waals surface area contributed by atoms with Gasteiger partial charge in [0.05, 0.1) is 0 Å². The molecule has 2 rings (SSSR count). The van der Waals surface area contributed by atoms with E-state index in [0.717, 1.165) is 36.1 Å². The van der Waals surface area contributed by atoms with Crippen molar-refractivity contribution in [3.05, 3.63) is 70.8 Å². The summed E-state index contributed by atoms with van der Waals surface area (Å²) in [5.41, 5.74) is 4.37. The van der Waals surface area contributed by atoms with Crippen LogP contribution in [-0.2, 0) is 19.3 Å². The van der Waals surface area contributed by atoms with Gasteiger partial charge in [-0.25, -0.2) is 0 Å². The fourth-order valence-corrected chi connectivity index (χ4v) is 2.44. The van der Waals surface area contributed by atoms with Gasteiger partial charge in [0, 0.05) is 12.0 Å². The molecule has 2 aromatic carbocycles. The van der Waals surface area contributed by atoms with Gasteiger partial charge < -0.3 is 5.32 Å². The van der Waals surface area contributed by atoms with E-state index in [0.29, 0.717) is 6.42 Å². The molecule has 0 radical (unpaired) electrons. The van der Waals surface area contributed by atoms with Gasteiger partial charge >= 0.3 is 0 Å². The van der Waals surface area contributed by atoms with E-state index in [1.165, 1.54) is 5.56 Å². The lowest BCUT2D eigenvalue weighted by Crippen LogP contribution is -2.14. The number of rotatable bonds is 7. The Labute approximate surface area is 127 Å². The summed E-state index contributed by atoms with van der Waals surface area (Å²) in [6.07, 6.45) is 2.38. The minimum absolute atomic E-state index is 0.200. The van der Waals surface area contributed by atoms with Gasteiger partial charge in [0.1, 0.15) is 0 Å². The molecular formula is C19H23NO. The Bertz CT molecular complexity index is 587. The fourth-order valence-electron chi connectivity index (χ4n) is 2.44. The standard InChI is InChI=1S/C19H23NO/c1-3-15-8-10-16(11-9-15)14-19(21)18-7-5-4-6-17(18)12-13-20-2/h4-11,20H,3,12-14H2,1-2H3. The topological polar surface area (TPSA) is 29.1 Å². The maximum absolute atomic E-state index is 12.5. The number of aryl methyl sites for hydroxylation is 1. The molecule has 21 heavy (non-hydrogen) atoms. The number of hydrogen-bond donors (Lipinski definition) is 1. The van der Waals surface area contributed by atoms with E-state index in [2.05, 4.69) is 36.5 Å². The second-order valence-electron chi connectivity index (χ2n) is 5.28. The molecule has 0 atom stereocenters. The molecule has 0 aliphatic heterocycles. The summed E-state index contributed by atoms with van der Waals surface area (Å²) < 4.78 is 0. The quantitative estimate of drug-likeness (QED) is 0.788. The molecule has 0 amide bonds. The SMILES string of the molecule is CCc1ccc(CC(=O)c2ccccc2CCNC)cc1. The Morgan fingerprint density at radius 3 is 2.33 bits per heavy atom. The van der Waals surface area contributed by atoms with Crippen LogP contribution in [-0.4, -0.2) is 19.4 Å². The number of benzene rings is 2. The minimum Gasteiger partial charge on any atom is -0.319 e. The highest BCUT2D eigenvalue weighted by atomic mass is 16.1.